The van der Waals surface area contributed by atoms with Crippen molar-refractivity contribution in [1.29, 1.82) is 0 Å². The Bertz CT molecular complexity index is 530. The topological polar surface area (TPSA) is 3.24 Å². The lowest BCUT2D eigenvalue weighted by atomic mass is 10.2. The van der Waals surface area contributed by atoms with Crippen molar-refractivity contribution in [3.63, 3.8) is 0 Å². The van der Waals surface area contributed by atoms with Gasteiger partial charge in [-0.3, -0.25) is 4.90 Å². The first kappa shape index (κ1) is 13.6. The van der Waals surface area contributed by atoms with E-state index < -0.39 is 8.07 Å². The van der Waals surface area contributed by atoms with E-state index in [0.717, 1.165) is 6.54 Å². The molecule has 0 saturated carbocycles. The van der Waals surface area contributed by atoms with Crippen molar-refractivity contribution < 1.29 is 0 Å². The predicted octanol–water partition coefficient (Wildman–Crippen LogP) is 3.49. The molecule has 1 aliphatic rings. The summed E-state index contributed by atoms with van der Waals surface area (Å²) in [5, 5.41) is 1.64. The molecule has 2 heteroatoms. The summed E-state index contributed by atoms with van der Waals surface area (Å²) in [4.78, 5) is 2.62. The Morgan fingerprint density at radius 2 is 1.40 bits per heavy atom. The number of hydrogen-bond acceptors (Lipinski definition) is 1. The highest BCUT2D eigenvalue weighted by atomic mass is 28.3. The van der Waals surface area contributed by atoms with Crippen molar-refractivity contribution >= 4 is 13.3 Å². The van der Waals surface area contributed by atoms with Gasteiger partial charge in [-0.1, -0.05) is 72.4 Å². The molecule has 0 amide bonds. The van der Waals surface area contributed by atoms with E-state index >= 15 is 0 Å². The number of hydrogen-bond donors (Lipinski definition) is 0. The van der Waals surface area contributed by atoms with Gasteiger partial charge in [0.15, 0.2) is 0 Å². The van der Waals surface area contributed by atoms with Crippen molar-refractivity contribution in [2.45, 2.75) is 25.2 Å². The molecule has 1 nitrogen and oxygen atoms in total. The molecular weight excluding hydrogens is 258 g/mol. The molecule has 0 N–H and O–H groups in total. The molecule has 1 heterocycles. The molecule has 20 heavy (non-hydrogen) atoms. The van der Waals surface area contributed by atoms with Gasteiger partial charge in [0.1, 0.15) is 0 Å². The Kier molecular flexibility index (Phi) is 4.04. The molecular formula is C18H23NSi. The molecule has 1 saturated heterocycles. The SMILES string of the molecule is C[Si]1(c2ccccc2)CCN(Cc2ccccc2)CC1. The minimum atomic E-state index is -1.21. The number of rotatable bonds is 3. The highest BCUT2D eigenvalue weighted by molar-refractivity contribution is 6.91. The number of benzene rings is 2. The van der Waals surface area contributed by atoms with E-state index in [2.05, 4.69) is 72.1 Å². The van der Waals surface area contributed by atoms with Crippen LogP contribution in [0.1, 0.15) is 5.56 Å². The molecule has 1 fully saturated rings. The van der Waals surface area contributed by atoms with Gasteiger partial charge in [-0.05, 0) is 30.7 Å². The lowest BCUT2D eigenvalue weighted by Crippen LogP contribution is -2.52. The monoisotopic (exact) mass is 281 g/mol. The molecule has 0 atom stereocenters. The van der Waals surface area contributed by atoms with Gasteiger partial charge in [0.2, 0.25) is 0 Å². The molecule has 0 radical (unpaired) electrons. The van der Waals surface area contributed by atoms with Crippen molar-refractivity contribution in [1.82, 2.24) is 4.90 Å². The standard InChI is InChI=1S/C18H23NSi/c1-20(18-10-6-3-7-11-18)14-12-19(13-15-20)16-17-8-4-2-5-9-17/h2-11H,12-16H2,1H3. The summed E-state index contributed by atoms with van der Waals surface area (Å²) in [7, 11) is -1.21. The summed E-state index contributed by atoms with van der Waals surface area (Å²) in [6.07, 6.45) is 0. The Morgan fingerprint density at radius 1 is 0.850 bits per heavy atom. The van der Waals surface area contributed by atoms with Crippen LogP contribution in [0.2, 0.25) is 18.6 Å². The minimum Gasteiger partial charge on any atom is -0.300 e. The predicted molar refractivity (Wildman–Crippen MR) is 89.0 cm³/mol. The van der Waals surface area contributed by atoms with Crippen LogP contribution in [-0.4, -0.2) is 26.1 Å². The van der Waals surface area contributed by atoms with Crippen LogP contribution >= 0.6 is 0 Å². The highest BCUT2D eigenvalue weighted by Crippen LogP contribution is 2.23. The van der Waals surface area contributed by atoms with Crippen LogP contribution in [0.3, 0.4) is 0 Å². The van der Waals surface area contributed by atoms with Crippen LogP contribution in [0.25, 0.3) is 0 Å². The van der Waals surface area contributed by atoms with E-state index in [4.69, 9.17) is 0 Å². The molecule has 0 unspecified atom stereocenters. The molecule has 0 aliphatic carbocycles. The van der Waals surface area contributed by atoms with E-state index in [1.165, 1.54) is 30.7 Å². The first-order valence-corrected chi connectivity index (χ1v) is 10.5. The van der Waals surface area contributed by atoms with Gasteiger partial charge in [0.25, 0.3) is 0 Å². The van der Waals surface area contributed by atoms with Gasteiger partial charge < -0.3 is 0 Å². The second kappa shape index (κ2) is 5.94. The van der Waals surface area contributed by atoms with Crippen LogP contribution in [0.4, 0.5) is 0 Å². The van der Waals surface area contributed by atoms with Crippen molar-refractivity contribution in [3.8, 4) is 0 Å². The summed E-state index contributed by atoms with van der Waals surface area (Å²) in [5.74, 6) is 0. The molecule has 0 bridgehead atoms. The molecule has 0 spiro atoms. The van der Waals surface area contributed by atoms with Gasteiger partial charge in [-0.2, -0.15) is 0 Å². The maximum Gasteiger partial charge on any atom is 0.0861 e. The van der Waals surface area contributed by atoms with E-state index in [1.54, 1.807) is 5.19 Å². The van der Waals surface area contributed by atoms with E-state index in [-0.39, 0.29) is 0 Å². The Labute approximate surface area is 123 Å². The van der Waals surface area contributed by atoms with Crippen LogP contribution in [0.5, 0.6) is 0 Å². The quantitative estimate of drug-likeness (QED) is 0.779. The fraction of sp³-hybridized carbons (Fsp3) is 0.333. The maximum atomic E-state index is 2.62. The Balaban J connectivity index is 1.62. The molecule has 1 aliphatic heterocycles. The van der Waals surface area contributed by atoms with Gasteiger partial charge in [-0.25, -0.2) is 0 Å². The van der Waals surface area contributed by atoms with Gasteiger partial charge in [-0.15, -0.1) is 0 Å². The van der Waals surface area contributed by atoms with Crippen LogP contribution < -0.4 is 5.19 Å². The Hall–Kier alpha value is -1.38. The van der Waals surface area contributed by atoms with Crippen LogP contribution in [0, 0.1) is 0 Å². The summed E-state index contributed by atoms with van der Waals surface area (Å²) < 4.78 is 0. The van der Waals surface area contributed by atoms with Crippen molar-refractivity contribution in [2.75, 3.05) is 13.1 Å². The van der Waals surface area contributed by atoms with E-state index in [0.29, 0.717) is 0 Å². The third-order valence-electron chi connectivity index (χ3n) is 4.68. The third-order valence-corrected chi connectivity index (χ3v) is 9.06. The molecule has 0 aromatic heterocycles. The fourth-order valence-corrected chi connectivity index (χ4v) is 6.62. The average Bonchev–Trinajstić information content (AvgIpc) is 2.52. The fourth-order valence-electron chi connectivity index (χ4n) is 3.18. The molecule has 104 valence electrons. The highest BCUT2D eigenvalue weighted by Gasteiger charge is 2.33. The van der Waals surface area contributed by atoms with Gasteiger partial charge >= 0.3 is 0 Å². The summed E-state index contributed by atoms with van der Waals surface area (Å²) in [6.45, 7) is 6.18. The van der Waals surface area contributed by atoms with E-state index in [1.807, 2.05) is 0 Å². The number of nitrogens with zero attached hydrogens (tertiary/aromatic N) is 1. The van der Waals surface area contributed by atoms with Crippen molar-refractivity contribution in [2.24, 2.45) is 0 Å². The Morgan fingerprint density at radius 3 is 2.00 bits per heavy atom. The normalized spacial score (nSPS) is 18.9. The zero-order valence-electron chi connectivity index (χ0n) is 12.3. The van der Waals surface area contributed by atoms with Gasteiger partial charge in [0, 0.05) is 6.54 Å². The molecule has 3 rings (SSSR count). The van der Waals surface area contributed by atoms with Crippen LogP contribution in [0.15, 0.2) is 60.7 Å². The average molecular weight is 281 g/mol. The summed E-state index contributed by atoms with van der Waals surface area (Å²) in [5.41, 5.74) is 1.44. The zero-order chi connectivity index (χ0) is 13.8. The lowest BCUT2D eigenvalue weighted by Gasteiger charge is -2.38. The second-order valence-electron chi connectivity index (χ2n) is 6.19. The van der Waals surface area contributed by atoms with Crippen molar-refractivity contribution in [3.05, 3.63) is 66.2 Å². The van der Waals surface area contributed by atoms with E-state index in [9.17, 15) is 0 Å². The first-order chi connectivity index (χ1) is 9.76. The third kappa shape index (κ3) is 3.02. The zero-order valence-corrected chi connectivity index (χ0v) is 13.3. The molecule has 2 aromatic carbocycles. The summed E-state index contributed by atoms with van der Waals surface area (Å²) >= 11 is 0. The maximum absolute atomic E-state index is 2.62. The largest absolute Gasteiger partial charge is 0.300 e. The second-order valence-corrected chi connectivity index (χ2v) is 10.9. The van der Waals surface area contributed by atoms with Gasteiger partial charge in [0.05, 0.1) is 8.07 Å². The lowest BCUT2D eigenvalue weighted by molar-refractivity contribution is 0.282. The minimum absolute atomic E-state index is 1.11. The smallest absolute Gasteiger partial charge is 0.0861 e. The first-order valence-electron chi connectivity index (χ1n) is 7.58. The molecule has 2 aromatic rings. The summed E-state index contributed by atoms with van der Waals surface area (Å²) in [6, 6.07) is 24.9. The van der Waals surface area contributed by atoms with Crippen LogP contribution in [-0.2, 0) is 6.54 Å².